The number of nitrogen functional groups attached to an aromatic ring is 1. The van der Waals surface area contributed by atoms with Gasteiger partial charge in [0.1, 0.15) is 10.0 Å². The molecule has 4 heteroatoms. The molecule has 0 atom stereocenters. The van der Waals surface area contributed by atoms with E-state index in [-0.39, 0.29) is 0 Å². The van der Waals surface area contributed by atoms with Crippen LogP contribution in [0.3, 0.4) is 0 Å². The molecule has 0 aliphatic rings. The third-order valence-electron chi connectivity index (χ3n) is 2.88. The number of anilines is 1. The van der Waals surface area contributed by atoms with E-state index >= 15 is 0 Å². The fourth-order valence-electron chi connectivity index (χ4n) is 1.78. The summed E-state index contributed by atoms with van der Waals surface area (Å²) in [6, 6.07) is 16.0. The number of aryl methyl sites for hydroxylation is 1. The molecule has 0 fully saturated rings. The van der Waals surface area contributed by atoms with Crippen molar-refractivity contribution >= 4 is 17.0 Å². The van der Waals surface area contributed by atoms with E-state index in [9.17, 15) is 0 Å². The van der Waals surface area contributed by atoms with Crippen LogP contribution in [-0.2, 0) is 0 Å². The van der Waals surface area contributed by atoms with Crippen LogP contribution in [0, 0.1) is 6.92 Å². The van der Waals surface area contributed by atoms with Gasteiger partial charge in [-0.3, -0.25) is 0 Å². The molecule has 19 heavy (non-hydrogen) atoms. The van der Waals surface area contributed by atoms with E-state index in [2.05, 4.69) is 41.4 Å². The van der Waals surface area contributed by atoms with Gasteiger partial charge in [-0.05, 0) is 31.2 Å². The zero-order chi connectivity index (χ0) is 13.2. The fraction of sp³-hybridized carbons (Fsp3) is 0.0667. The number of hydrogen-bond acceptors (Lipinski definition) is 4. The summed E-state index contributed by atoms with van der Waals surface area (Å²) in [6.07, 6.45) is 0. The minimum Gasteiger partial charge on any atom is -0.399 e. The lowest BCUT2D eigenvalue weighted by Gasteiger charge is -1.96. The molecule has 3 aromatic rings. The summed E-state index contributed by atoms with van der Waals surface area (Å²) in [5, 5.41) is 10.3. The van der Waals surface area contributed by atoms with Crippen molar-refractivity contribution in [2.75, 3.05) is 5.73 Å². The molecule has 1 heterocycles. The van der Waals surface area contributed by atoms with Crippen molar-refractivity contribution in [3.8, 4) is 21.1 Å². The van der Waals surface area contributed by atoms with Gasteiger partial charge in [-0.15, -0.1) is 10.2 Å². The summed E-state index contributed by atoms with van der Waals surface area (Å²) in [6.45, 7) is 2.07. The molecule has 0 aliphatic heterocycles. The van der Waals surface area contributed by atoms with Crippen LogP contribution >= 0.6 is 11.3 Å². The van der Waals surface area contributed by atoms with E-state index in [1.165, 1.54) is 5.56 Å². The molecule has 2 N–H and O–H groups in total. The Balaban J connectivity index is 1.95. The molecule has 0 saturated carbocycles. The standard InChI is InChI=1S/C15H13N3S/c1-10-2-4-11(5-3-10)14-17-18-15(19-14)12-6-8-13(16)9-7-12/h2-9H,16H2,1H3. The van der Waals surface area contributed by atoms with Gasteiger partial charge in [0.25, 0.3) is 0 Å². The maximum absolute atomic E-state index is 5.68. The number of nitrogens with two attached hydrogens (primary N) is 1. The Morgan fingerprint density at radius 1 is 0.789 bits per heavy atom. The lowest BCUT2D eigenvalue weighted by molar-refractivity contribution is 1.10. The average molecular weight is 267 g/mol. The van der Waals surface area contributed by atoms with Crippen molar-refractivity contribution in [2.24, 2.45) is 0 Å². The third kappa shape index (κ3) is 2.48. The van der Waals surface area contributed by atoms with E-state index in [0.717, 1.165) is 26.8 Å². The Kier molecular flexibility index (Phi) is 3.01. The van der Waals surface area contributed by atoms with E-state index in [1.54, 1.807) is 11.3 Å². The first-order chi connectivity index (χ1) is 9.22. The Morgan fingerprint density at radius 2 is 1.26 bits per heavy atom. The average Bonchev–Trinajstić information content (AvgIpc) is 2.90. The summed E-state index contributed by atoms with van der Waals surface area (Å²) in [5.74, 6) is 0. The molecule has 0 bridgehead atoms. The highest BCUT2D eigenvalue weighted by Gasteiger charge is 2.08. The quantitative estimate of drug-likeness (QED) is 0.719. The van der Waals surface area contributed by atoms with E-state index in [0.29, 0.717) is 0 Å². The van der Waals surface area contributed by atoms with Gasteiger partial charge in [-0.1, -0.05) is 41.2 Å². The summed E-state index contributed by atoms with van der Waals surface area (Å²) < 4.78 is 0. The molecule has 94 valence electrons. The highest BCUT2D eigenvalue weighted by Crippen LogP contribution is 2.30. The minimum atomic E-state index is 0.757. The van der Waals surface area contributed by atoms with Crippen LogP contribution in [0.4, 0.5) is 5.69 Å². The molecule has 0 saturated heterocycles. The maximum atomic E-state index is 5.68. The van der Waals surface area contributed by atoms with Gasteiger partial charge in [-0.25, -0.2) is 0 Å². The summed E-state index contributed by atoms with van der Waals surface area (Å²) >= 11 is 1.59. The van der Waals surface area contributed by atoms with Crippen molar-refractivity contribution < 1.29 is 0 Å². The van der Waals surface area contributed by atoms with Crippen LogP contribution in [0.2, 0.25) is 0 Å². The van der Waals surface area contributed by atoms with Gasteiger partial charge in [0.05, 0.1) is 0 Å². The van der Waals surface area contributed by atoms with Gasteiger partial charge < -0.3 is 5.73 Å². The molecule has 2 aromatic carbocycles. The van der Waals surface area contributed by atoms with Gasteiger partial charge in [0.2, 0.25) is 0 Å². The normalized spacial score (nSPS) is 10.6. The van der Waals surface area contributed by atoms with Crippen LogP contribution in [-0.4, -0.2) is 10.2 Å². The second-order valence-corrected chi connectivity index (χ2v) is 5.38. The van der Waals surface area contributed by atoms with Gasteiger partial charge >= 0.3 is 0 Å². The molecule has 3 rings (SSSR count). The fourth-order valence-corrected chi connectivity index (χ4v) is 2.63. The van der Waals surface area contributed by atoms with Crippen LogP contribution in [0.15, 0.2) is 48.5 Å². The number of rotatable bonds is 2. The molecular weight excluding hydrogens is 254 g/mol. The van der Waals surface area contributed by atoms with E-state index in [4.69, 9.17) is 5.73 Å². The molecular formula is C15H13N3S. The zero-order valence-electron chi connectivity index (χ0n) is 10.5. The van der Waals surface area contributed by atoms with Crippen LogP contribution in [0.25, 0.3) is 21.1 Å². The zero-order valence-corrected chi connectivity index (χ0v) is 11.3. The maximum Gasteiger partial charge on any atom is 0.148 e. The first kappa shape index (κ1) is 11.9. The van der Waals surface area contributed by atoms with Crippen LogP contribution in [0.5, 0.6) is 0 Å². The molecule has 0 aliphatic carbocycles. The number of nitrogens with zero attached hydrogens (tertiary/aromatic N) is 2. The third-order valence-corrected chi connectivity index (χ3v) is 3.90. The first-order valence-corrected chi connectivity index (χ1v) is 6.80. The lowest BCUT2D eigenvalue weighted by Crippen LogP contribution is -1.83. The Labute approximate surface area is 115 Å². The predicted molar refractivity (Wildman–Crippen MR) is 79.9 cm³/mol. The van der Waals surface area contributed by atoms with Crippen LogP contribution in [0.1, 0.15) is 5.56 Å². The lowest BCUT2D eigenvalue weighted by atomic mass is 10.2. The number of benzene rings is 2. The highest BCUT2D eigenvalue weighted by atomic mass is 32.1. The number of hydrogen-bond donors (Lipinski definition) is 1. The SMILES string of the molecule is Cc1ccc(-c2nnc(-c3ccc(N)cc3)s2)cc1. The molecule has 0 spiro atoms. The molecule has 0 radical (unpaired) electrons. The van der Waals surface area contributed by atoms with E-state index < -0.39 is 0 Å². The van der Waals surface area contributed by atoms with Gasteiger partial charge in [0.15, 0.2) is 0 Å². The summed E-state index contributed by atoms with van der Waals surface area (Å²) in [4.78, 5) is 0. The second-order valence-electron chi connectivity index (χ2n) is 4.40. The minimum absolute atomic E-state index is 0.757. The predicted octanol–water partition coefficient (Wildman–Crippen LogP) is 3.76. The summed E-state index contributed by atoms with van der Waals surface area (Å²) in [7, 11) is 0. The molecule has 3 nitrogen and oxygen atoms in total. The highest BCUT2D eigenvalue weighted by molar-refractivity contribution is 7.17. The van der Waals surface area contributed by atoms with Gasteiger partial charge in [0, 0.05) is 16.8 Å². The Morgan fingerprint density at radius 3 is 1.79 bits per heavy atom. The topological polar surface area (TPSA) is 51.8 Å². The largest absolute Gasteiger partial charge is 0.399 e. The summed E-state index contributed by atoms with van der Waals surface area (Å²) in [5.41, 5.74) is 9.83. The van der Waals surface area contributed by atoms with Crippen molar-refractivity contribution in [1.29, 1.82) is 0 Å². The first-order valence-electron chi connectivity index (χ1n) is 5.99. The van der Waals surface area contributed by atoms with Crippen molar-refractivity contribution in [3.05, 3.63) is 54.1 Å². The molecule has 0 unspecified atom stereocenters. The van der Waals surface area contributed by atoms with Crippen molar-refractivity contribution in [1.82, 2.24) is 10.2 Å². The Hall–Kier alpha value is -2.20. The smallest absolute Gasteiger partial charge is 0.148 e. The number of aromatic nitrogens is 2. The molecule has 1 aromatic heterocycles. The molecule has 0 amide bonds. The van der Waals surface area contributed by atoms with Gasteiger partial charge in [-0.2, -0.15) is 0 Å². The monoisotopic (exact) mass is 267 g/mol. The Bertz CT molecular complexity index is 624. The second kappa shape index (κ2) is 4.82. The van der Waals surface area contributed by atoms with Crippen molar-refractivity contribution in [2.45, 2.75) is 6.92 Å². The van der Waals surface area contributed by atoms with E-state index in [1.807, 2.05) is 24.3 Å². The van der Waals surface area contributed by atoms with Crippen molar-refractivity contribution in [3.63, 3.8) is 0 Å². The van der Waals surface area contributed by atoms with Crippen LogP contribution < -0.4 is 5.73 Å².